The van der Waals surface area contributed by atoms with Crippen LogP contribution in [0.5, 0.6) is 5.75 Å². The Balaban J connectivity index is 1.73. The second-order valence-corrected chi connectivity index (χ2v) is 5.55. The Bertz CT molecular complexity index is 604. The molecular formula is C18H20O2. The minimum atomic E-state index is -0.332. The molecule has 1 aliphatic rings. The van der Waals surface area contributed by atoms with Crippen LogP contribution in [0.4, 0.5) is 0 Å². The van der Waals surface area contributed by atoms with Crippen molar-refractivity contribution in [2.24, 2.45) is 0 Å². The summed E-state index contributed by atoms with van der Waals surface area (Å²) in [6.07, 6.45) is 2.65. The second-order valence-electron chi connectivity index (χ2n) is 5.55. The number of aryl methyl sites for hydroxylation is 2. The number of benzene rings is 2. The van der Waals surface area contributed by atoms with Gasteiger partial charge >= 0.3 is 0 Å². The van der Waals surface area contributed by atoms with Gasteiger partial charge in [0.05, 0.1) is 6.10 Å². The van der Waals surface area contributed by atoms with Gasteiger partial charge < -0.3 is 9.84 Å². The third-order valence-electron chi connectivity index (χ3n) is 3.89. The number of fused-ring (bicyclic) bond motifs is 1. The van der Waals surface area contributed by atoms with Gasteiger partial charge in [-0.25, -0.2) is 0 Å². The van der Waals surface area contributed by atoms with Gasteiger partial charge in [0.25, 0.3) is 0 Å². The molecule has 0 radical (unpaired) electrons. The molecule has 1 atom stereocenters. The molecule has 0 bridgehead atoms. The fourth-order valence-corrected chi connectivity index (χ4v) is 2.81. The van der Waals surface area contributed by atoms with Gasteiger partial charge in [0.1, 0.15) is 12.4 Å². The average Bonchev–Trinajstić information content (AvgIpc) is 2.46. The zero-order chi connectivity index (χ0) is 13.9. The van der Waals surface area contributed by atoms with Crippen LogP contribution in [0.15, 0.2) is 42.5 Å². The van der Waals surface area contributed by atoms with E-state index in [0.717, 1.165) is 30.6 Å². The van der Waals surface area contributed by atoms with E-state index in [9.17, 15) is 5.11 Å². The van der Waals surface area contributed by atoms with Gasteiger partial charge in [0, 0.05) is 0 Å². The lowest BCUT2D eigenvalue weighted by Gasteiger charge is -2.22. The van der Waals surface area contributed by atoms with E-state index in [1.807, 2.05) is 18.2 Å². The van der Waals surface area contributed by atoms with E-state index in [4.69, 9.17) is 4.74 Å². The second kappa shape index (κ2) is 5.68. The SMILES string of the molecule is Cc1cccc(COc2ccc3c(c2)[C@H](O)CCC3)c1. The molecule has 0 saturated heterocycles. The Morgan fingerprint density at radius 3 is 2.95 bits per heavy atom. The van der Waals surface area contributed by atoms with E-state index in [1.165, 1.54) is 16.7 Å². The monoisotopic (exact) mass is 268 g/mol. The van der Waals surface area contributed by atoms with Crippen LogP contribution in [0.25, 0.3) is 0 Å². The van der Waals surface area contributed by atoms with Crippen molar-refractivity contribution in [3.8, 4) is 5.75 Å². The summed E-state index contributed by atoms with van der Waals surface area (Å²) in [6.45, 7) is 2.65. The first kappa shape index (κ1) is 13.2. The molecular weight excluding hydrogens is 248 g/mol. The molecule has 104 valence electrons. The van der Waals surface area contributed by atoms with Crippen LogP contribution >= 0.6 is 0 Å². The van der Waals surface area contributed by atoms with Crippen LogP contribution in [0.3, 0.4) is 0 Å². The quantitative estimate of drug-likeness (QED) is 0.913. The van der Waals surface area contributed by atoms with Gasteiger partial charge in [-0.15, -0.1) is 0 Å². The summed E-state index contributed by atoms with van der Waals surface area (Å²) in [4.78, 5) is 0. The van der Waals surface area contributed by atoms with Crippen molar-refractivity contribution in [1.82, 2.24) is 0 Å². The topological polar surface area (TPSA) is 29.5 Å². The van der Waals surface area contributed by atoms with Gasteiger partial charge in [0.2, 0.25) is 0 Å². The van der Waals surface area contributed by atoms with Crippen LogP contribution in [0.1, 0.15) is 41.2 Å². The number of ether oxygens (including phenoxy) is 1. The molecule has 0 saturated carbocycles. The number of hydrogen-bond acceptors (Lipinski definition) is 2. The molecule has 2 aromatic rings. The van der Waals surface area contributed by atoms with E-state index >= 15 is 0 Å². The first-order chi connectivity index (χ1) is 9.72. The first-order valence-corrected chi connectivity index (χ1v) is 7.21. The summed E-state index contributed by atoms with van der Waals surface area (Å²) < 4.78 is 5.85. The largest absolute Gasteiger partial charge is 0.489 e. The Hall–Kier alpha value is -1.80. The minimum Gasteiger partial charge on any atom is -0.489 e. The third kappa shape index (κ3) is 2.86. The number of rotatable bonds is 3. The average molecular weight is 268 g/mol. The molecule has 0 unspecified atom stereocenters. The summed E-state index contributed by atoms with van der Waals surface area (Å²) in [5.74, 6) is 0.839. The maximum atomic E-state index is 10.1. The highest BCUT2D eigenvalue weighted by Crippen LogP contribution is 2.32. The molecule has 2 aromatic carbocycles. The van der Waals surface area contributed by atoms with Crippen molar-refractivity contribution < 1.29 is 9.84 Å². The molecule has 1 aliphatic carbocycles. The van der Waals surface area contributed by atoms with E-state index in [0.29, 0.717) is 6.61 Å². The van der Waals surface area contributed by atoms with E-state index in [-0.39, 0.29) is 6.10 Å². The summed E-state index contributed by atoms with van der Waals surface area (Å²) in [5, 5.41) is 10.1. The third-order valence-corrected chi connectivity index (χ3v) is 3.89. The van der Waals surface area contributed by atoms with Crippen molar-refractivity contribution in [3.05, 3.63) is 64.7 Å². The lowest BCUT2D eigenvalue weighted by Crippen LogP contribution is -2.09. The fourth-order valence-electron chi connectivity index (χ4n) is 2.81. The standard InChI is InChI=1S/C18H20O2/c1-13-4-2-5-14(10-13)12-20-16-9-8-15-6-3-7-18(19)17(15)11-16/h2,4-5,8-11,18-19H,3,6-7,12H2,1H3/t18-/m1/s1. The molecule has 20 heavy (non-hydrogen) atoms. The highest BCUT2D eigenvalue weighted by atomic mass is 16.5. The highest BCUT2D eigenvalue weighted by molar-refractivity contribution is 5.38. The summed E-state index contributed by atoms with van der Waals surface area (Å²) >= 11 is 0. The van der Waals surface area contributed by atoms with Gasteiger partial charge in [-0.1, -0.05) is 35.9 Å². The minimum absolute atomic E-state index is 0.332. The van der Waals surface area contributed by atoms with Crippen LogP contribution < -0.4 is 4.74 Å². The molecule has 0 spiro atoms. The van der Waals surface area contributed by atoms with Gasteiger partial charge in [-0.05, 0) is 55.0 Å². The summed E-state index contributed by atoms with van der Waals surface area (Å²) in [5.41, 5.74) is 4.71. The van der Waals surface area contributed by atoms with Crippen LogP contribution in [-0.4, -0.2) is 5.11 Å². The maximum Gasteiger partial charge on any atom is 0.120 e. The molecule has 0 aliphatic heterocycles. The van der Waals surface area contributed by atoms with Crippen molar-refractivity contribution in [3.63, 3.8) is 0 Å². The highest BCUT2D eigenvalue weighted by Gasteiger charge is 2.18. The van der Waals surface area contributed by atoms with Crippen molar-refractivity contribution in [2.45, 2.75) is 38.9 Å². The van der Waals surface area contributed by atoms with E-state index < -0.39 is 0 Å². The summed E-state index contributed by atoms with van der Waals surface area (Å²) in [6, 6.07) is 14.4. The van der Waals surface area contributed by atoms with Crippen molar-refractivity contribution >= 4 is 0 Å². The Morgan fingerprint density at radius 2 is 2.10 bits per heavy atom. The Kier molecular flexibility index (Phi) is 3.75. The van der Waals surface area contributed by atoms with Crippen LogP contribution in [-0.2, 0) is 13.0 Å². The lowest BCUT2D eigenvalue weighted by atomic mass is 9.89. The summed E-state index contributed by atoms with van der Waals surface area (Å²) in [7, 11) is 0. The first-order valence-electron chi connectivity index (χ1n) is 7.21. The van der Waals surface area contributed by atoms with Crippen LogP contribution in [0, 0.1) is 6.92 Å². The smallest absolute Gasteiger partial charge is 0.120 e. The predicted octanol–water partition coefficient (Wildman–Crippen LogP) is 3.94. The van der Waals surface area contributed by atoms with Crippen molar-refractivity contribution in [1.29, 1.82) is 0 Å². The number of hydrogen-bond donors (Lipinski definition) is 1. The van der Waals surface area contributed by atoms with E-state index in [2.05, 4.69) is 31.2 Å². The fraction of sp³-hybridized carbons (Fsp3) is 0.333. The lowest BCUT2D eigenvalue weighted by molar-refractivity contribution is 0.156. The molecule has 3 rings (SSSR count). The number of aliphatic hydroxyl groups excluding tert-OH is 1. The molecule has 0 aromatic heterocycles. The van der Waals surface area contributed by atoms with Gasteiger partial charge in [-0.2, -0.15) is 0 Å². The molecule has 0 heterocycles. The number of aliphatic hydroxyl groups is 1. The van der Waals surface area contributed by atoms with Crippen molar-refractivity contribution in [2.75, 3.05) is 0 Å². The zero-order valence-corrected chi connectivity index (χ0v) is 11.8. The zero-order valence-electron chi connectivity index (χ0n) is 11.8. The molecule has 2 heteroatoms. The molecule has 0 fully saturated rings. The Morgan fingerprint density at radius 1 is 1.20 bits per heavy atom. The molecule has 1 N–H and O–H groups in total. The Labute approximate surface area is 120 Å². The molecule has 2 nitrogen and oxygen atoms in total. The van der Waals surface area contributed by atoms with Crippen LogP contribution in [0.2, 0.25) is 0 Å². The normalized spacial score (nSPS) is 17.6. The van der Waals surface area contributed by atoms with E-state index in [1.54, 1.807) is 0 Å². The molecule has 0 amide bonds. The van der Waals surface area contributed by atoms with Gasteiger partial charge in [-0.3, -0.25) is 0 Å². The van der Waals surface area contributed by atoms with Gasteiger partial charge in [0.15, 0.2) is 0 Å². The predicted molar refractivity (Wildman–Crippen MR) is 79.9 cm³/mol. The maximum absolute atomic E-state index is 10.1.